The van der Waals surface area contributed by atoms with E-state index in [2.05, 4.69) is 0 Å². The third-order valence-electron chi connectivity index (χ3n) is 3.12. The van der Waals surface area contributed by atoms with Gasteiger partial charge in [-0.05, 0) is 18.2 Å². The lowest BCUT2D eigenvalue weighted by Crippen LogP contribution is -2.31. The number of carbonyl (C=O) groups excluding carboxylic acids is 1. The number of aromatic nitrogens is 1. The number of nitrogen functional groups attached to an aromatic ring is 1. The van der Waals surface area contributed by atoms with Crippen molar-refractivity contribution in [3.63, 3.8) is 0 Å². The van der Waals surface area contributed by atoms with Crippen molar-refractivity contribution >= 4 is 21.6 Å². The summed E-state index contributed by atoms with van der Waals surface area (Å²) >= 11 is 0. The molecule has 0 radical (unpaired) electrons. The van der Waals surface area contributed by atoms with Crippen LogP contribution in [0.25, 0.3) is 0 Å². The normalized spacial score (nSPS) is 11.2. The lowest BCUT2D eigenvalue weighted by Gasteiger charge is -2.18. The average molecular weight is 308 g/mol. The fraction of sp³-hybridized carbons (Fsp3) is 0.154. The molecule has 0 aliphatic heterocycles. The van der Waals surface area contributed by atoms with Gasteiger partial charge in [0, 0.05) is 20.3 Å². The zero-order valence-corrected chi connectivity index (χ0v) is 12.5. The number of anilines is 1. The molecule has 0 fully saturated rings. The number of hydrazine groups is 1. The van der Waals surface area contributed by atoms with Gasteiger partial charge in [0.05, 0.1) is 5.69 Å². The first kappa shape index (κ1) is 15.1. The van der Waals surface area contributed by atoms with Crippen molar-refractivity contribution in [2.24, 2.45) is 12.9 Å². The van der Waals surface area contributed by atoms with Gasteiger partial charge in [-0.15, -0.1) is 0 Å². The van der Waals surface area contributed by atoms with E-state index in [1.54, 1.807) is 37.4 Å². The minimum Gasteiger partial charge on any atom is -0.345 e. The molecule has 7 nitrogen and oxygen atoms in total. The summed E-state index contributed by atoms with van der Waals surface area (Å²) in [5.41, 5.74) is 2.68. The van der Waals surface area contributed by atoms with Gasteiger partial charge in [-0.1, -0.05) is 18.2 Å². The van der Waals surface area contributed by atoms with Crippen LogP contribution in [0.5, 0.6) is 0 Å². The molecule has 0 atom stereocenters. The number of nitrogens with zero attached hydrogens (tertiary/aromatic N) is 2. The third kappa shape index (κ3) is 2.76. The van der Waals surface area contributed by atoms with E-state index in [0.29, 0.717) is 5.69 Å². The molecule has 0 bridgehead atoms. The van der Waals surface area contributed by atoms with Crippen LogP contribution >= 0.6 is 0 Å². The second-order valence-corrected chi connectivity index (χ2v) is 6.42. The van der Waals surface area contributed by atoms with Crippen LogP contribution < -0.4 is 15.6 Å². The Hall–Kier alpha value is -2.32. The molecule has 2 aromatic rings. The topological polar surface area (TPSA) is 97.4 Å². The number of nitrogens with one attached hydrogen (secondary N) is 1. The van der Waals surface area contributed by atoms with Gasteiger partial charge in [-0.3, -0.25) is 14.5 Å². The molecule has 0 spiro atoms. The molecule has 0 saturated carbocycles. The van der Waals surface area contributed by atoms with Crippen LogP contribution in [-0.4, -0.2) is 25.9 Å². The Kier molecular flexibility index (Phi) is 4.01. The van der Waals surface area contributed by atoms with Gasteiger partial charge < -0.3 is 4.57 Å². The highest BCUT2D eigenvalue weighted by atomic mass is 32.2. The number of hydrogen-bond acceptors (Lipinski definition) is 4. The molecular weight excluding hydrogens is 292 g/mol. The van der Waals surface area contributed by atoms with E-state index in [4.69, 9.17) is 5.84 Å². The molecule has 3 N–H and O–H groups in total. The molecule has 0 unspecified atom stereocenters. The summed E-state index contributed by atoms with van der Waals surface area (Å²) < 4.78 is 27.7. The Morgan fingerprint density at radius 3 is 2.48 bits per heavy atom. The van der Waals surface area contributed by atoms with E-state index < -0.39 is 15.9 Å². The van der Waals surface area contributed by atoms with E-state index >= 15 is 0 Å². The predicted octanol–water partition coefficient (Wildman–Crippen LogP) is 0.454. The van der Waals surface area contributed by atoms with E-state index in [1.807, 2.05) is 5.43 Å². The molecule has 1 amide bonds. The molecule has 21 heavy (non-hydrogen) atoms. The van der Waals surface area contributed by atoms with Crippen molar-refractivity contribution in [1.82, 2.24) is 9.99 Å². The Morgan fingerprint density at radius 2 is 1.90 bits per heavy atom. The molecule has 112 valence electrons. The van der Waals surface area contributed by atoms with Crippen LogP contribution in [0.4, 0.5) is 5.69 Å². The zero-order chi connectivity index (χ0) is 15.6. The molecule has 1 aromatic heterocycles. The average Bonchev–Trinajstić information content (AvgIpc) is 2.89. The van der Waals surface area contributed by atoms with Crippen molar-refractivity contribution < 1.29 is 13.2 Å². The van der Waals surface area contributed by atoms with Crippen LogP contribution in [-0.2, 0) is 17.1 Å². The van der Waals surface area contributed by atoms with Crippen LogP contribution in [0.2, 0.25) is 0 Å². The lowest BCUT2D eigenvalue weighted by molar-refractivity contribution is 0.0945. The Labute approximate surface area is 123 Å². The van der Waals surface area contributed by atoms with Gasteiger partial charge in [-0.25, -0.2) is 14.3 Å². The molecule has 2 rings (SSSR count). The standard InChI is InChI=1S/C13H16N4O3S/c1-16-9-11(8-12(16)13(18)15-14)21(19,20)17(2)10-6-4-3-5-7-10/h3-9H,14H2,1-2H3,(H,15,18). The minimum absolute atomic E-state index is 0.0231. The summed E-state index contributed by atoms with van der Waals surface area (Å²) in [5.74, 6) is 4.52. The number of aryl methyl sites for hydroxylation is 1. The Morgan fingerprint density at radius 1 is 1.29 bits per heavy atom. The smallest absolute Gasteiger partial charge is 0.281 e. The first-order valence-corrected chi connectivity index (χ1v) is 7.53. The van der Waals surface area contributed by atoms with Gasteiger partial charge in [0.25, 0.3) is 15.9 Å². The summed E-state index contributed by atoms with van der Waals surface area (Å²) in [6.07, 6.45) is 1.37. The molecule has 1 heterocycles. The second kappa shape index (κ2) is 5.58. The number of amides is 1. The number of sulfonamides is 1. The third-order valence-corrected chi connectivity index (χ3v) is 4.87. The molecule has 1 aromatic carbocycles. The molecule has 0 aliphatic rings. The summed E-state index contributed by atoms with van der Waals surface area (Å²) in [6, 6.07) is 9.97. The highest BCUT2D eigenvalue weighted by Gasteiger charge is 2.24. The van der Waals surface area contributed by atoms with E-state index in [9.17, 15) is 13.2 Å². The van der Waals surface area contributed by atoms with Crippen LogP contribution in [0.15, 0.2) is 47.5 Å². The summed E-state index contributed by atoms with van der Waals surface area (Å²) in [4.78, 5) is 11.6. The predicted molar refractivity (Wildman–Crippen MR) is 79.1 cm³/mol. The van der Waals surface area contributed by atoms with Crippen molar-refractivity contribution in [2.75, 3.05) is 11.4 Å². The maximum absolute atomic E-state index is 12.6. The van der Waals surface area contributed by atoms with Gasteiger partial charge in [0.15, 0.2) is 0 Å². The van der Waals surface area contributed by atoms with Gasteiger partial charge >= 0.3 is 0 Å². The number of carbonyl (C=O) groups is 1. The summed E-state index contributed by atoms with van der Waals surface area (Å²) in [5, 5.41) is 0. The number of hydrogen-bond donors (Lipinski definition) is 2. The van der Waals surface area contributed by atoms with Crippen LogP contribution in [0.3, 0.4) is 0 Å². The van der Waals surface area contributed by atoms with Crippen molar-refractivity contribution in [2.45, 2.75) is 4.90 Å². The van der Waals surface area contributed by atoms with Crippen molar-refractivity contribution in [1.29, 1.82) is 0 Å². The highest BCUT2D eigenvalue weighted by Crippen LogP contribution is 2.22. The van der Waals surface area contributed by atoms with E-state index in [1.165, 1.54) is 23.9 Å². The fourth-order valence-corrected chi connectivity index (χ4v) is 3.18. The monoisotopic (exact) mass is 308 g/mol. The van der Waals surface area contributed by atoms with Crippen LogP contribution in [0.1, 0.15) is 10.5 Å². The first-order chi connectivity index (χ1) is 9.87. The van der Waals surface area contributed by atoms with Crippen LogP contribution in [0, 0.1) is 0 Å². The van der Waals surface area contributed by atoms with Gasteiger partial charge in [0.2, 0.25) is 0 Å². The fourth-order valence-electron chi connectivity index (χ4n) is 1.91. The van der Waals surface area contributed by atoms with Crippen molar-refractivity contribution in [3.8, 4) is 0 Å². The molecule has 0 aliphatic carbocycles. The largest absolute Gasteiger partial charge is 0.345 e. The summed E-state index contributed by atoms with van der Waals surface area (Å²) in [7, 11) is -0.710. The van der Waals surface area contributed by atoms with E-state index in [0.717, 1.165) is 4.31 Å². The van der Waals surface area contributed by atoms with Gasteiger partial charge in [-0.2, -0.15) is 0 Å². The SMILES string of the molecule is CN(c1ccccc1)S(=O)(=O)c1cc(C(=O)NN)n(C)c1. The first-order valence-electron chi connectivity index (χ1n) is 6.09. The number of para-hydroxylation sites is 1. The Balaban J connectivity index is 2.43. The maximum Gasteiger partial charge on any atom is 0.281 e. The minimum atomic E-state index is -3.74. The molecule has 0 saturated heterocycles. The number of benzene rings is 1. The zero-order valence-electron chi connectivity index (χ0n) is 11.6. The highest BCUT2D eigenvalue weighted by molar-refractivity contribution is 7.92. The Bertz CT molecular complexity index is 753. The number of rotatable bonds is 4. The second-order valence-electron chi connectivity index (χ2n) is 4.45. The van der Waals surface area contributed by atoms with E-state index in [-0.39, 0.29) is 10.6 Å². The molecule has 8 heteroatoms. The number of nitrogens with two attached hydrogens (primary N) is 1. The maximum atomic E-state index is 12.6. The van der Waals surface area contributed by atoms with Gasteiger partial charge in [0.1, 0.15) is 10.6 Å². The summed E-state index contributed by atoms with van der Waals surface area (Å²) in [6.45, 7) is 0. The molecular formula is C13H16N4O3S. The van der Waals surface area contributed by atoms with Crippen molar-refractivity contribution in [3.05, 3.63) is 48.3 Å². The lowest BCUT2D eigenvalue weighted by atomic mass is 10.3. The quantitative estimate of drug-likeness (QED) is 0.487.